The van der Waals surface area contributed by atoms with E-state index in [1.54, 1.807) is 12.1 Å². The van der Waals surface area contributed by atoms with Crippen molar-refractivity contribution in [2.45, 2.75) is 31.2 Å². The second kappa shape index (κ2) is 7.55. The van der Waals surface area contributed by atoms with Crippen LogP contribution in [-0.2, 0) is 16.4 Å². The molecular formula is C17H15ClF2N5O3. The number of rotatable bonds is 5. The van der Waals surface area contributed by atoms with Crippen molar-refractivity contribution >= 4 is 28.6 Å². The molecule has 3 heterocycles. The zero-order chi connectivity index (χ0) is 19.8. The normalized spacial score (nSPS) is 24.8. The molecule has 1 radical (unpaired) electrons. The van der Waals surface area contributed by atoms with Crippen molar-refractivity contribution in [3.8, 4) is 0 Å². The second-order valence-corrected chi connectivity index (χ2v) is 6.65. The molecule has 0 saturated carbocycles. The number of hydrogen-bond acceptors (Lipinski definition) is 6. The van der Waals surface area contributed by atoms with Crippen molar-refractivity contribution in [2.24, 2.45) is 0 Å². The zero-order valence-corrected chi connectivity index (χ0v) is 15.1. The Morgan fingerprint density at radius 1 is 1.29 bits per heavy atom. The summed E-state index contributed by atoms with van der Waals surface area (Å²) in [5, 5.41) is 23.8. The first-order valence-corrected chi connectivity index (χ1v) is 8.80. The average Bonchev–Trinajstić information content (AvgIpc) is 3.22. The van der Waals surface area contributed by atoms with Gasteiger partial charge in [-0.2, -0.15) is 9.97 Å². The summed E-state index contributed by atoms with van der Waals surface area (Å²) in [7, 11) is 0. The van der Waals surface area contributed by atoms with Gasteiger partial charge in [-0.25, -0.2) is 18.9 Å². The van der Waals surface area contributed by atoms with E-state index >= 15 is 0 Å². The minimum absolute atomic E-state index is 0.106. The van der Waals surface area contributed by atoms with Crippen molar-refractivity contribution in [3.05, 3.63) is 47.3 Å². The largest absolute Gasteiger partial charge is 0.387 e. The molecule has 4 rings (SSSR count). The molecule has 2 N–H and O–H groups in total. The molecule has 11 heteroatoms. The highest BCUT2D eigenvalue weighted by Gasteiger charge is 2.45. The lowest BCUT2D eigenvalue weighted by atomic mass is 10.1. The van der Waals surface area contributed by atoms with E-state index in [0.29, 0.717) is 17.9 Å². The van der Waals surface area contributed by atoms with E-state index in [1.165, 1.54) is 23.0 Å². The lowest BCUT2D eigenvalue weighted by molar-refractivity contribution is -0.0593. The second-order valence-electron chi connectivity index (χ2n) is 6.31. The first-order chi connectivity index (χ1) is 13.5. The van der Waals surface area contributed by atoms with Crippen molar-refractivity contribution in [3.63, 3.8) is 0 Å². The van der Waals surface area contributed by atoms with E-state index in [9.17, 15) is 19.0 Å². The molecule has 1 saturated heterocycles. The number of imidazole rings is 1. The van der Waals surface area contributed by atoms with E-state index in [0.717, 1.165) is 5.56 Å². The number of fused-ring (bicyclic) bond motifs is 1. The summed E-state index contributed by atoms with van der Waals surface area (Å²) in [5.41, 5.74) is 1.29. The number of hydrogen-bond donors (Lipinski definition) is 2. The van der Waals surface area contributed by atoms with Gasteiger partial charge in [0, 0.05) is 6.54 Å². The number of anilines is 1. The molecule has 0 aliphatic carbocycles. The minimum Gasteiger partial charge on any atom is -0.387 e. The lowest BCUT2D eigenvalue weighted by Crippen LogP contribution is -2.30. The Hall–Kier alpha value is -2.40. The fraction of sp³-hybridized carbons (Fsp3) is 0.353. The van der Waals surface area contributed by atoms with Crippen LogP contribution in [0.15, 0.2) is 30.6 Å². The molecule has 1 fully saturated rings. The molecule has 1 aliphatic rings. The number of nitrogens with zero attached hydrogens (tertiary/aromatic N) is 4. The Bertz CT molecular complexity index is 987. The van der Waals surface area contributed by atoms with Crippen LogP contribution in [0.3, 0.4) is 0 Å². The third kappa shape index (κ3) is 3.39. The Balaban J connectivity index is 1.64. The molecule has 8 nitrogen and oxygen atoms in total. The number of ether oxygens (including phenoxy) is 1. The summed E-state index contributed by atoms with van der Waals surface area (Å²) in [4.78, 5) is 12.4. The lowest BCUT2D eigenvalue weighted by Gasteiger charge is -2.15. The molecule has 0 spiro atoms. The zero-order valence-electron chi connectivity index (χ0n) is 14.3. The highest BCUT2D eigenvalue weighted by molar-refractivity contribution is 6.28. The first-order valence-electron chi connectivity index (χ1n) is 8.42. The predicted octanol–water partition coefficient (Wildman–Crippen LogP) is 2.26. The van der Waals surface area contributed by atoms with Gasteiger partial charge in [0.1, 0.15) is 24.6 Å². The van der Waals surface area contributed by atoms with Gasteiger partial charge in [0.05, 0.1) is 6.33 Å². The number of halogens is 3. The van der Waals surface area contributed by atoms with Gasteiger partial charge in [0.25, 0.3) is 0 Å². The van der Waals surface area contributed by atoms with Crippen molar-refractivity contribution in [1.82, 2.24) is 19.5 Å². The Morgan fingerprint density at radius 3 is 2.71 bits per heavy atom. The van der Waals surface area contributed by atoms with Gasteiger partial charge < -0.3 is 15.2 Å². The van der Waals surface area contributed by atoms with Crippen LogP contribution < -0.4 is 5.32 Å². The van der Waals surface area contributed by atoms with Crippen molar-refractivity contribution in [1.29, 1.82) is 0 Å². The summed E-state index contributed by atoms with van der Waals surface area (Å²) in [6.45, 7) is -0.455. The average molecular weight is 411 g/mol. The molecule has 1 aliphatic heterocycles. The molecule has 3 aromatic rings. The van der Waals surface area contributed by atoms with Crippen LogP contribution in [0.1, 0.15) is 11.8 Å². The molecular weight excluding hydrogens is 396 g/mol. The van der Waals surface area contributed by atoms with Crippen molar-refractivity contribution in [2.75, 3.05) is 11.9 Å². The Kier molecular flexibility index (Phi) is 5.11. The maximum Gasteiger partial charge on any atom is 0.226 e. The molecule has 147 valence electrons. The highest BCUT2D eigenvalue weighted by atomic mass is 35.5. The van der Waals surface area contributed by atoms with Gasteiger partial charge >= 0.3 is 0 Å². The van der Waals surface area contributed by atoms with E-state index in [-0.39, 0.29) is 16.7 Å². The minimum atomic E-state index is -1.82. The summed E-state index contributed by atoms with van der Waals surface area (Å²) in [6.07, 6.45) is -4.48. The fourth-order valence-corrected chi connectivity index (χ4v) is 3.22. The number of benzene rings is 1. The quantitative estimate of drug-likeness (QED) is 0.625. The van der Waals surface area contributed by atoms with Gasteiger partial charge in [-0.1, -0.05) is 12.1 Å². The maximum atomic E-state index is 14.4. The van der Waals surface area contributed by atoms with Crippen molar-refractivity contribution < 1.29 is 23.7 Å². The van der Waals surface area contributed by atoms with Crippen LogP contribution in [0.25, 0.3) is 11.2 Å². The summed E-state index contributed by atoms with van der Waals surface area (Å²) < 4.78 is 34.1. The Morgan fingerprint density at radius 2 is 2.04 bits per heavy atom. The van der Waals surface area contributed by atoms with Gasteiger partial charge in [-0.15, -0.1) is 0 Å². The number of aliphatic hydroxyl groups is 1. The Labute approximate surface area is 162 Å². The SMILES string of the molecule is [O]C[C@H]1O[C@@H](n2cnc3c(NCc4ccc(F)cc4)nc(Cl)nc32)[C@@H](F)[C@@H]1O. The number of alkyl halides is 1. The van der Waals surface area contributed by atoms with E-state index in [2.05, 4.69) is 20.3 Å². The third-order valence-corrected chi connectivity index (χ3v) is 4.67. The number of aliphatic hydroxyl groups excluding tert-OH is 1. The fourth-order valence-electron chi connectivity index (χ4n) is 3.05. The van der Waals surface area contributed by atoms with E-state index in [4.69, 9.17) is 16.3 Å². The van der Waals surface area contributed by atoms with Crippen LogP contribution in [0.4, 0.5) is 14.6 Å². The van der Waals surface area contributed by atoms with Crippen LogP contribution in [0.2, 0.25) is 5.28 Å². The summed E-state index contributed by atoms with van der Waals surface area (Å²) in [5.74, 6) is -0.0433. The molecule has 4 atom stereocenters. The molecule has 1 aromatic carbocycles. The molecule has 0 bridgehead atoms. The van der Waals surface area contributed by atoms with Gasteiger partial charge in [-0.3, -0.25) is 4.57 Å². The smallest absolute Gasteiger partial charge is 0.226 e. The highest BCUT2D eigenvalue weighted by Crippen LogP contribution is 2.34. The summed E-state index contributed by atoms with van der Waals surface area (Å²) in [6, 6.07) is 5.91. The summed E-state index contributed by atoms with van der Waals surface area (Å²) >= 11 is 6.00. The van der Waals surface area contributed by atoms with Crippen LogP contribution in [0.5, 0.6) is 0 Å². The van der Waals surface area contributed by atoms with Gasteiger partial charge in [0.2, 0.25) is 5.28 Å². The van der Waals surface area contributed by atoms with Gasteiger partial charge in [0.15, 0.2) is 29.4 Å². The molecule has 0 amide bonds. The number of aromatic nitrogens is 4. The maximum absolute atomic E-state index is 14.4. The number of nitrogens with one attached hydrogen (secondary N) is 1. The third-order valence-electron chi connectivity index (χ3n) is 4.50. The van der Waals surface area contributed by atoms with E-state index in [1.807, 2.05) is 0 Å². The molecule has 0 unspecified atom stereocenters. The van der Waals surface area contributed by atoms with Crippen LogP contribution >= 0.6 is 11.6 Å². The topological polar surface area (TPSA) is 105 Å². The predicted molar refractivity (Wildman–Crippen MR) is 94.4 cm³/mol. The molecule has 2 aromatic heterocycles. The monoisotopic (exact) mass is 410 g/mol. The van der Waals surface area contributed by atoms with Crippen LogP contribution in [0, 0.1) is 5.82 Å². The molecule has 28 heavy (non-hydrogen) atoms. The first kappa shape index (κ1) is 18.9. The van der Waals surface area contributed by atoms with E-state index < -0.39 is 31.2 Å². The standard InChI is InChI=1S/C17H15ClF2N5O3/c18-17-23-14(21-5-8-1-3-9(19)4-2-8)12-15(24-17)25(7-22-12)16-11(20)13(27)10(6-26)28-16/h1-4,7,10-11,13,16,27H,5-6H2,(H,21,23,24)/t10-,11+,13-,16-/m1/s1. The van der Waals surface area contributed by atoms with Crippen LogP contribution in [-0.4, -0.2) is 49.6 Å². The van der Waals surface area contributed by atoms with Gasteiger partial charge in [-0.05, 0) is 29.3 Å².